The molecule has 0 unspecified atom stereocenters. The van der Waals surface area contributed by atoms with E-state index in [0.717, 1.165) is 39.0 Å². The Morgan fingerprint density at radius 1 is 0.767 bits per heavy atom. The van der Waals surface area contributed by atoms with Gasteiger partial charge in [0.2, 0.25) is 0 Å². The number of allylic oxidation sites excluding steroid dienone is 8. The fourth-order valence-corrected chi connectivity index (χ4v) is 29.6. The van der Waals surface area contributed by atoms with Crippen LogP contribution < -0.4 is 24.8 Å². The van der Waals surface area contributed by atoms with E-state index in [2.05, 4.69) is 97.9 Å². The van der Waals surface area contributed by atoms with E-state index < -0.39 is 27.2 Å². The van der Waals surface area contributed by atoms with Gasteiger partial charge in [-0.15, -0.1) is 0 Å². The molecule has 0 aromatic carbocycles. The van der Waals surface area contributed by atoms with Crippen molar-refractivity contribution in [2.24, 2.45) is 0 Å². The summed E-state index contributed by atoms with van der Waals surface area (Å²) in [5, 5.41) is 0. The van der Waals surface area contributed by atoms with Crippen LogP contribution >= 0.6 is 0 Å². The number of nitrogens with zero attached hydrogens (tertiary/aromatic N) is 2. The van der Waals surface area contributed by atoms with Crippen molar-refractivity contribution in [3.63, 3.8) is 0 Å². The van der Waals surface area contributed by atoms with Crippen LogP contribution in [0, 0.1) is 0 Å². The summed E-state index contributed by atoms with van der Waals surface area (Å²) in [5.74, 6) is 0. The largest absolute Gasteiger partial charge is 1.00 e. The van der Waals surface area contributed by atoms with E-state index in [1.165, 1.54) is 11.1 Å². The number of rotatable bonds is 13. The van der Waals surface area contributed by atoms with Crippen LogP contribution in [0.3, 0.4) is 0 Å². The molecule has 0 atom stereocenters. The van der Waals surface area contributed by atoms with Crippen LogP contribution in [0.15, 0.2) is 92.6 Å². The van der Waals surface area contributed by atoms with E-state index in [1.807, 2.05) is 0 Å². The van der Waals surface area contributed by atoms with Crippen molar-refractivity contribution in [2.45, 2.75) is 26.7 Å². The molecule has 0 saturated heterocycles. The second-order valence-electron chi connectivity index (χ2n) is 7.39. The molecule has 0 fully saturated rings. The molecule has 2 nitrogen and oxygen atoms in total. The van der Waals surface area contributed by atoms with Crippen molar-refractivity contribution in [2.75, 3.05) is 26.2 Å². The van der Waals surface area contributed by atoms with E-state index in [1.54, 1.807) is 6.56 Å². The van der Waals surface area contributed by atoms with Gasteiger partial charge < -0.3 is 24.8 Å². The molecule has 0 aromatic rings. The van der Waals surface area contributed by atoms with E-state index in [4.69, 9.17) is 0 Å². The molecule has 6 heteroatoms. The van der Waals surface area contributed by atoms with Crippen molar-refractivity contribution in [3.05, 3.63) is 92.6 Å². The molecule has 0 bridgehead atoms. The van der Waals surface area contributed by atoms with Crippen molar-refractivity contribution >= 4 is 6.25 Å². The molecule has 0 aliphatic heterocycles. The Morgan fingerprint density at radius 3 is 1.33 bits per heavy atom. The number of hydrogen-bond acceptors (Lipinski definition) is 2. The maximum Gasteiger partial charge on any atom is -1.00 e. The molecule has 0 radical (unpaired) electrons. The van der Waals surface area contributed by atoms with Gasteiger partial charge in [-0.05, 0) is 0 Å². The van der Waals surface area contributed by atoms with Crippen LogP contribution in [0.1, 0.15) is 26.7 Å². The molecule has 0 saturated carbocycles. The Kier molecular flexibility index (Phi) is 15.1. The third-order valence-electron chi connectivity index (χ3n) is 5.39. The summed E-state index contributed by atoms with van der Waals surface area (Å²) < 4.78 is 8.99. The zero-order valence-corrected chi connectivity index (χ0v) is 23.5. The average molecular weight is 542 g/mol. The molecule has 0 amide bonds. The second-order valence-corrected chi connectivity index (χ2v) is 21.8. The molecule has 0 spiro atoms. The Morgan fingerprint density at radius 2 is 1.10 bits per heavy atom. The zero-order chi connectivity index (χ0) is 20.5. The molecular formula is C24H35Cl2N2SiZr. The second kappa shape index (κ2) is 15.3. The van der Waals surface area contributed by atoms with Crippen LogP contribution in [0.4, 0.5) is 0 Å². The first-order valence-corrected chi connectivity index (χ1v) is 18.4. The summed E-state index contributed by atoms with van der Waals surface area (Å²) in [4.78, 5) is 0. The molecule has 163 valence electrons. The summed E-state index contributed by atoms with van der Waals surface area (Å²) in [6.45, 7) is 24.6. The molecular weight excluding hydrogens is 506 g/mol. The summed E-state index contributed by atoms with van der Waals surface area (Å²) in [5.41, 5.74) is 3.04. The van der Waals surface area contributed by atoms with Crippen LogP contribution in [0.2, 0.25) is 0 Å². The normalized spacial score (nSPS) is 15.0. The molecule has 30 heavy (non-hydrogen) atoms. The van der Waals surface area contributed by atoms with E-state index >= 15 is 0 Å². The third kappa shape index (κ3) is 7.29. The molecule has 0 N–H and O–H groups in total. The van der Waals surface area contributed by atoms with Gasteiger partial charge in [-0.3, -0.25) is 0 Å². The average Bonchev–Trinajstić information content (AvgIpc) is 3.28. The smallest absolute Gasteiger partial charge is 1.00 e. The molecule has 2 aliphatic rings. The summed E-state index contributed by atoms with van der Waals surface area (Å²) >= 11 is -2.14. The van der Waals surface area contributed by atoms with Crippen LogP contribution in [0.25, 0.3) is 0 Å². The SMILES string of the molecule is C=CCN(CC=C)[SiH](N(CC=C)CC=C)[Zr+2]([C]1=C(C)C=CC1)[C]1=C(C)C=CC1.[Cl-].[Cl-]. The topological polar surface area (TPSA) is 6.48 Å². The standard InChI is InChI=1S/C12H21N2Si.2C6H7.2ClH.Zr/c1-5-9-13(10-6-2)15-14(11-7-3)12-8-4;2*1-6-4-2-3-5-6;;;/h5-8,15H,1-4,9-12H2;2*2,4H,3H2,1H3;2*1H;/q;;;;;+2/p-2. The van der Waals surface area contributed by atoms with Gasteiger partial charge in [0.05, 0.1) is 0 Å². The monoisotopic (exact) mass is 539 g/mol. The van der Waals surface area contributed by atoms with Crippen LogP contribution in [-0.2, 0) is 20.9 Å². The third-order valence-corrected chi connectivity index (χ3v) is 27.6. The predicted octanol–water partition coefficient (Wildman–Crippen LogP) is -0.854. The van der Waals surface area contributed by atoms with Crippen molar-refractivity contribution in [1.29, 1.82) is 0 Å². The van der Waals surface area contributed by atoms with Gasteiger partial charge in [-0.1, -0.05) is 0 Å². The Hall–Kier alpha value is -0.480. The summed E-state index contributed by atoms with van der Waals surface area (Å²) in [7, 11) is 0. The fraction of sp³-hybridized carbons (Fsp3) is 0.333. The van der Waals surface area contributed by atoms with Gasteiger partial charge in [0, 0.05) is 0 Å². The van der Waals surface area contributed by atoms with Gasteiger partial charge in [-0.2, -0.15) is 0 Å². The van der Waals surface area contributed by atoms with Crippen LogP contribution in [-0.4, -0.2) is 41.6 Å². The first kappa shape index (κ1) is 29.5. The molecule has 2 aliphatic carbocycles. The van der Waals surface area contributed by atoms with Gasteiger partial charge in [0.25, 0.3) is 0 Å². The summed E-state index contributed by atoms with van der Waals surface area (Å²) in [6.07, 6.45) is 18.5. The first-order valence-electron chi connectivity index (χ1n) is 10.1. The maximum atomic E-state index is 4.06. The fourth-order valence-electron chi connectivity index (χ4n) is 4.18. The predicted molar refractivity (Wildman–Crippen MR) is 124 cm³/mol. The Bertz CT molecular complexity index is 659. The first-order chi connectivity index (χ1) is 13.6. The van der Waals surface area contributed by atoms with E-state index in [-0.39, 0.29) is 24.8 Å². The van der Waals surface area contributed by atoms with Crippen LogP contribution in [0.5, 0.6) is 0 Å². The van der Waals surface area contributed by atoms with Gasteiger partial charge in [0.1, 0.15) is 0 Å². The number of halogens is 2. The molecule has 2 rings (SSSR count). The van der Waals surface area contributed by atoms with Crippen molar-refractivity contribution < 1.29 is 45.7 Å². The summed E-state index contributed by atoms with van der Waals surface area (Å²) in [6, 6.07) is 0. The van der Waals surface area contributed by atoms with Gasteiger partial charge in [0.15, 0.2) is 0 Å². The quantitative estimate of drug-likeness (QED) is 0.221. The minimum absolute atomic E-state index is 0. The Balaban J connectivity index is 0.00000420. The van der Waals surface area contributed by atoms with E-state index in [0.29, 0.717) is 0 Å². The zero-order valence-electron chi connectivity index (χ0n) is 18.4. The van der Waals surface area contributed by atoms with Gasteiger partial charge >= 0.3 is 182 Å². The van der Waals surface area contributed by atoms with Gasteiger partial charge in [-0.25, -0.2) is 0 Å². The van der Waals surface area contributed by atoms with E-state index in [9.17, 15) is 0 Å². The molecule has 0 heterocycles. The number of hydrogen-bond donors (Lipinski definition) is 0. The Labute approximate surface area is 205 Å². The van der Waals surface area contributed by atoms with Crippen molar-refractivity contribution in [1.82, 2.24) is 9.13 Å². The van der Waals surface area contributed by atoms with Crippen molar-refractivity contribution in [3.8, 4) is 0 Å². The minimum Gasteiger partial charge on any atom is -1.00 e. The minimum atomic E-state index is -2.14. The molecule has 0 aromatic heterocycles. The maximum absolute atomic E-state index is 4.06.